The van der Waals surface area contributed by atoms with E-state index in [4.69, 9.17) is 4.74 Å². The first-order chi connectivity index (χ1) is 7.84. The van der Waals surface area contributed by atoms with Crippen LogP contribution in [0.3, 0.4) is 0 Å². The van der Waals surface area contributed by atoms with E-state index in [0.717, 1.165) is 0 Å². The molecule has 6 nitrogen and oxygen atoms in total. The number of rotatable bonds is 2. The molecule has 1 amide bonds. The molecule has 16 heavy (non-hydrogen) atoms. The van der Waals surface area contributed by atoms with Crippen LogP contribution >= 0.6 is 0 Å². The Balaban J connectivity index is 1.95. The molecule has 0 saturated carbocycles. The number of amides is 1. The molecule has 0 atom stereocenters. The number of nitrogens with one attached hydrogen (secondary N) is 1. The monoisotopic (exact) mass is 216 g/mol. The van der Waals surface area contributed by atoms with E-state index in [-0.39, 0.29) is 5.75 Å². The van der Waals surface area contributed by atoms with Crippen LogP contribution in [-0.4, -0.2) is 21.5 Å². The molecule has 0 radical (unpaired) electrons. The van der Waals surface area contributed by atoms with E-state index in [2.05, 4.69) is 20.7 Å². The predicted octanol–water partition coefficient (Wildman–Crippen LogP) is 1.48. The van der Waals surface area contributed by atoms with Crippen molar-refractivity contribution >= 4 is 11.8 Å². The fourth-order valence-corrected chi connectivity index (χ4v) is 1.05. The number of benzene rings is 1. The van der Waals surface area contributed by atoms with E-state index < -0.39 is 6.09 Å². The molecule has 1 aromatic carbocycles. The average molecular weight is 216 g/mol. The highest BCUT2D eigenvalue weighted by Crippen LogP contribution is 2.08. The Bertz CT molecular complexity index is 417. The highest BCUT2D eigenvalue weighted by Gasteiger charge is 2.04. The third-order valence-electron chi connectivity index (χ3n) is 1.70. The number of hydrogen-bond donors (Lipinski definition) is 1. The van der Waals surface area contributed by atoms with Gasteiger partial charge in [-0.2, -0.15) is 0 Å². The summed E-state index contributed by atoms with van der Waals surface area (Å²) in [6.07, 6.45) is 2.01. The van der Waals surface area contributed by atoms with Crippen LogP contribution in [0.25, 0.3) is 0 Å². The largest absolute Gasteiger partial charge is 0.417 e. The van der Waals surface area contributed by atoms with E-state index >= 15 is 0 Å². The minimum absolute atomic E-state index is 0.239. The molecule has 1 heterocycles. The van der Waals surface area contributed by atoms with Crippen molar-refractivity contribution in [2.75, 3.05) is 5.32 Å². The van der Waals surface area contributed by atoms with Crippen molar-refractivity contribution in [3.05, 3.63) is 42.7 Å². The Morgan fingerprint density at radius 2 is 1.81 bits per heavy atom. The van der Waals surface area contributed by atoms with E-state index in [1.807, 2.05) is 18.2 Å². The zero-order valence-electron chi connectivity index (χ0n) is 8.20. The Morgan fingerprint density at radius 3 is 2.50 bits per heavy atom. The standard InChI is InChI=1S/C10H8N4O2/c15-10(13-8-4-2-1-3-5-8)16-9-6-11-14-12-7-9/h1-7H,(H,13,15). The van der Waals surface area contributed by atoms with Crippen molar-refractivity contribution in [2.24, 2.45) is 0 Å². The number of carbonyl (C=O) groups excluding carboxylic acids is 1. The van der Waals surface area contributed by atoms with Gasteiger partial charge in [0.05, 0.1) is 12.4 Å². The average Bonchev–Trinajstić information content (AvgIpc) is 2.31. The van der Waals surface area contributed by atoms with E-state index in [0.29, 0.717) is 5.69 Å². The third kappa shape index (κ3) is 2.74. The summed E-state index contributed by atoms with van der Waals surface area (Å²) >= 11 is 0. The molecule has 2 rings (SSSR count). The molecule has 6 heteroatoms. The summed E-state index contributed by atoms with van der Waals surface area (Å²) in [4.78, 5) is 11.4. The van der Waals surface area contributed by atoms with Crippen LogP contribution in [0.2, 0.25) is 0 Å². The lowest BCUT2D eigenvalue weighted by molar-refractivity contribution is 0.214. The molecule has 0 unspecified atom stereocenters. The van der Waals surface area contributed by atoms with Crippen LogP contribution < -0.4 is 10.1 Å². The Hall–Kier alpha value is -2.50. The lowest BCUT2D eigenvalue weighted by atomic mass is 10.3. The van der Waals surface area contributed by atoms with Crippen LogP contribution in [0, 0.1) is 0 Å². The van der Waals surface area contributed by atoms with Gasteiger partial charge in [-0.05, 0) is 17.3 Å². The number of hydrogen-bond acceptors (Lipinski definition) is 5. The van der Waals surface area contributed by atoms with Gasteiger partial charge in [0.15, 0.2) is 5.75 Å². The highest BCUT2D eigenvalue weighted by molar-refractivity contribution is 5.86. The summed E-state index contributed by atoms with van der Waals surface area (Å²) in [6, 6.07) is 8.98. The highest BCUT2D eigenvalue weighted by atomic mass is 16.6. The second-order valence-corrected chi connectivity index (χ2v) is 2.86. The van der Waals surface area contributed by atoms with E-state index in [1.165, 1.54) is 12.4 Å². The second kappa shape index (κ2) is 4.83. The lowest BCUT2D eigenvalue weighted by Gasteiger charge is -2.04. The van der Waals surface area contributed by atoms with Crippen molar-refractivity contribution in [2.45, 2.75) is 0 Å². The van der Waals surface area contributed by atoms with Gasteiger partial charge in [-0.1, -0.05) is 18.2 Å². The molecular formula is C10H8N4O2. The summed E-state index contributed by atoms with van der Waals surface area (Å²) < 4.78 is 4.90. The van der Waals surface area contributed by atoms with Crippen molar-refractivity contribution in [1.29, 1.82) is 0 Å². The zero-order chi connectivity index (χ0) is 11.2. The van der Waals surface area contributed by atoms with Crippen molar-refractivity contribution in [3.63, 3.8) is 0 Å². The Morgan fingerprint density at radius 1 is 1.12 bits per heavy atom. The molecule has 0 spiro atoms. The molecule has 0 aliphatic heterocycles. The van der Waals surface area contributed by atoms with Crippen LogP contribution in [-0.2, 0) is 0 Å². The number of aromatic nitrogens is 3. The number of carbonyl (C=O) groups is 1. The molecule has 1 aromatic heterocycles. The van der Waals surface area contributed by atoms with Gasteiger partial charge >= 0.3 is 6.09 Å². The summed E-state index contributed by atoms with van der Waals surface area (Å²) in [6.45, 7) is 0. The Labute approximate surface area is 91.3 Å². The summed E-state index contributed by atoms with van der Waals surface area (Å²) in [5.74, 6) is 0.239. The number of nitrogens with zero attached hydrogens (tertiary/aromatic N) is 3. The van der Waals surface area contributed by atoms with Gasteiger partial charge < -0.3 is 4.74 Å². The maximum atomic E-state index is 11.4. The van der Waals surface area contributed by atoms with E-state index in [9.17, 15) is 4.79 Å². The van der Waals surface area contributed by atoms with Gasteiger partial charge in [-0.15, -0.1) is 10.2 Å². The molecule has 2 aromatic rings. The van der Waals surface area contributed by atoms with Crippen LogP contribution in [0.1, 0.15) is 0 Å². The fraction of sp³-hybridized carbons (Fsp3) is 0. The summed E-state index contributed by atoms with van der Waals surface area (Å²) in [5.41, 5.74) is 0.655. The molecule has 0 aliphatic rings. The zero-order valence-corrected chi connectivity index (χ0v) is 8.20. The Kier molecular flexibility index (Phi) is 3.03. The third-order valence-corrected chi connectivity index (χ3v) is 1.70. The topological polar surface area (TPSA) is 77.0 Å². The quantitative estimate of drug-likeness (QED) is 0.822. The van der Waals surface area contributed by atoms with Crippen LogP contribution in [0.5, 0.6) is 5.75 Å². The SMILES string of the molecule is O=C(Nc1ccccc1)Oc1cnnnc1. The first-order valence-electron chi connectivity index (χ1n) is 4.52. The maximum Gasteiger partial charge on any atom is 0.417 e. The molecular weight excluding hydrogens is 208 g/mol. The lowest BCUT2D eigenvalue weighted by Crippen LogP contribution is -2.16. The van der Waals surface area contributed by atoms with Gasteiger partial charge in [0, 0.05) is 5.69 Å². The second-order valence-electron chi connectivity index (χ2n) is 2.86. The van der Waals surface area contributed by atoms with Gasteiger partial charge in [0.25, 0.3) is 0 Å². The normalized spacial score (nSPS) is 9.50. The van der Waals surface area contributed by atoms with Gasteiger partial charge in [0.1, 0.15) is 0 Å². The molecule has 0 bridgehead atoms. The minimum Gasteiger partial charge on any atom is -0.407 e. The first kappa shape index (κ1) is 10.0. The smallest absolute Gasteiger partial charge is 0.407 e. The fourth-order valence-electron chi connectivity index (χ4n) is 1.05. The van der Waals surface area contributed by atoms with Crippen molar-refractivity contribution in [3.8, 4) is 5.75 Å². The number of para-hydroxylation sites is 1. The molecule has 1 N–H and O–H groups in total. The maximum absolute atomic E-state index is 11.4. The minimum atomic E-state index is -0.596. The number of anilines is 1. The van der Waals surface area contributed by atoms with Crippen LogP contribution in [0.15, 0.2) is 42.7 Å². The number of ether oxygens (including phenoxy) is 1. The predicted molar refractivity (Wildman–Crippen MR) is 55.9 cm³/mol. The molecule has 0 aliphatic carbocycles. The molecule has 0 fully saturated rings. The van der Waals surface area contributed by atoms with Crippen molar-refractivity contribution < 1.29 is 9.53 Å². The van der Waals surface area contributed by atoms with Crippen molar-refractivity contribution in [1.82, 2.24) is 15.4 Å². The van der Waals surface area contributed by atoms with Crippen LogP contribution in [0.4, 0.5) is 10.5 Å². The van der Waals surface area contributed by atoms with Gasteiger partial charge in [-0.25, -0.2) is 4.79 Å². The van der Waals surface area contributed by atoms with Gasteiger partial charge in [-0.3, -0.25) is 5.32 Å². The van der Waals surface area contributed by atoms with E-state index in [1.54, 1.807) is 12.1 Å². The molecule has 0 saturated heterocycles. The first-order valence-corrected chi connectivity index (χ1v) is 4.52. The summed E-state index contributed by atoms with van der Waals surface area (Å²) in [7, 11) is 0. The summed E-state index contributed by atoms with van der Waals surface area (Å²) in [5, 5.41) is 12.8. The molecule has 80 valence electrons. The van der Waals surface area contributed by atoms with Gasteiger partial charge in [0.2, 0.25) is 0 Å².